The molecule has 28 heavy (non-hydrogen) atoms. The number of rotatable bonds is 4. The molecule has 3 aromatic heterocycles. The van der Waals surface area contributed by atoms with Crippen molar-refractivity contribution >= 4 is 39.6 Å². The van der Waals surface area contributed by atoms with Crippen molar-refractivity contribution in [1.82, 2.24) is 24.2 Å². The van der Waals surface area contributed by atoms with Gasteiger partial charge in [-0.15, -0.1) is 5.10 Å². The van der Waals surface area contributed by atoms with Gasteiger partial charge < -0.3 is 4.74 Å². The number of aromatic nitrogens is 5. The van der Waals surface area contributed by atoms with Crippen LogP contribution in [0, 0.1) is 0 Å². The lowest BCUT2D eigenvalue weighted by Crippen LogP contribution is -2.23. The van der Waals surface area contributed by atoms with Gasteiger partial charge in [-0.1, -0.05) is 25.0 Å². The van der Waals surface area contributed by atoms with Gasteiger partial charge in [0.2, 0.25) is 0 Å². The molecule has 0 aliphatic heterocycles. The van der Waals surface area contributed by atoms with E-state index in [0.29, 0.717) is 28.8 Å². The minimum Gasteiger partial charge on any atom is -0.482 e. The third-order valence-electron chi connectivity index (χ3n) is 5.29. The number of hydrogen-bond acceptors (Lipinski definition) is 6. The van der Waals surface area contributed by atoms with Crippen LogP contribution < -0.4 is 5.56 Å². The van der Waals surface area contributed by atoms with E-state index in [1.807, 2.05) is 31.2 Å². The second-order valence-corrected chi connectivity index (χ2v) is 6.97. The quantitative estimate of drug-likeness (QED) is 0.403. The van der Waals surface area contributed by atoms with E-state index >= 15 is 0 Å². The van der Waals surface area contributed by atoms with Crippen molar-refractivity contribution in [2.24, 2.45) is 5.10 Å². The largest absolute Gasteiger partial charge is 0.482 e. The Bertz CT molecular complexity index is 1270. The van der Waals surface area contributed by atoms with Gasteiger partial charge in [0.05, 0.1) is 17.6 Å². The monoisotopic (exact) mass is 376 g/mol. The molecule has 4 aromatic rings. The number of para-hydroxylation sites is 2. The lowest BCUT2D eigenvalue weighted by Gasteiger charge is -2.12. The Morgan fingerprint density at radius 3 is 2.68 bits per heavy atom. The average molecular weight is 376 g/mol. The smallest absolute Gasteiger partial charge is 0.265 e. The summed E-state index contributed by atoms with van der Waals surface area (Å²) in [6.07, 6.45) is 7.26. The van der Waals surface area contributed by atoms with Crippen molar-refractivity contribution in [3.05, 3.63) is 40.9 Å². The van der Waals surface area contributed by atoms with Gasteiger partial charge in [-0.05, 0) is 31.9 Å². The standard InChI is InChI=1S/C20H20N6O2/c1-2-28-12-22-26-18-16(20(27)25(11-21-18)13-7-3-4-8-13)17-19(26)24-15-10-6-5-9-14(15)23-17/h5-6,9-13H,2-4,7-8H2,1H3/b22-12-. The van der Waals surface area contributed by atoms with Gasteiger partial charge in [0, 0.05) is 6.04 Å². The van der Waals surface area contributed by atoms with Crippen LogP contribution in [0.2, 0.25) is 0 Å². The fourth-order valence-corrected chi connectivity index (χ4v) is 3.94. The Morgan fingerprint density at radius 1 is 1.18 bits per heavy atom. The summed E-state index contributed by atoms with van der Waals surface area (Å²) in [5, 5.41) is 4.80. The average Bonchev–Trinajstić information content (AvgIpc) is 3.34. The van der Waals surface area contributed by atoms with Crippen molar-refractivity contribution in [2.45, 2.75) is 38.6 Å². The Morgan fingerprint density at radius 2 is 1.93 bits per heavy atom. The second kappa shape index (κ2) is 6.70. The van der Waals surface area contributed by atoms with Crippen molar-refractivity contribution in [2.75, 3.05) is 6.61 Å². The molecule has 1 fully saturated rings. The number of hydrogen-bond donors (Lipinski definition) is 0. The fraction of sp³-hybridized carbons (Fsp3) is 0.350. The van der Waals surface area contributed by atoms with E-state index in [-0.39, 0.29) is 11.6 Å². The number of nitrogens with zero attached hydrogens (tertiary/aromatic N) is 6. The van der Waals surface area contributed by atoms with Crippen molar-refractivity contribution < 1.29 is 4.74 Å². The zero-order valence-electron chi connectivity index (χ0n) is 15.6. The van der Waals surface area contributed by atoms with Gasteiger partial charge in [0.1, 0.15) is 17.2 Å². The van der Waals surface area contributed by atoms with Gasteiger partial charge in [-0.3, -0.25) is 9.36 Å². The highest BCUT2D eigenvalue weighted by Gasteiger charge is 2.23. The molecule has 142 valence electrons. The summed E-state index contributed by atoms with van der Waals surface area (Å²) in [5.74, 6) is 0. The molecule has 0 amide bonds. The predicted molar refractivity (Wildman–Crippen MR) is 108 cm³/mol. The van der Waals surface area contributed by atoms with E-state index in [4.69, 9.17) is 14.7 Å². The molecule has 5 rings (SSSR count). The molecule has 0 bridgehead atoms. The minimum absolute atomic E-state index is 0.0863. The maximum Gasteiger partial charge on any atom is 0.265 e. The SMILES string of the molecule is CCO/C=N\n1c2nc3ccccc3nc2c2c(=O)n(C3CCCC3)cnc21. The molecular formula is C20H20N6O2. The maximum absolute atomic E-state index is 13.4. The third-order valence-corrected chi connectivity index (χ3v) is 5.29. The molecule has 1 aromatic carbocycles. The second-order valence-electron chi connectivity index (χ2n) is 6.97. The molecule has 0 saturated heterocycles. The minimum atomic E-state index is -0.0863. The molecule has 1 aliphatic rings. The summed E-state index contributed by atoms with van der Waals surface area (Å²) in [4.78, 5) is 27.4. The van der Waals surface area contributed by atoms with Crippen molar-refractivity contribution in [3.63, 3.8) is 0 Å². The highest BCUT2D eigenvalue weighted by atomic mass is 16.5. The van der Waals surface area contributed by atoms with Crippen LogP contribution >= 0.6 is 0 Å². The summed E-state index contributed by atoms with van der Waals surface area (Å²) in [6.45, 7) is 2.38. The molecule has 0 unspecified atom stereocenters. The molecule has 8 heteroatoms. The van der Waals surface area contributed by atoms with E-state index in [0.717, 1.165) is 36.7 Å². The van der Waals surface area contributed by atoms with Crippen molar-refractivity contribution in [1.29, 1.82) is 0 Å². The Kier molecular flexibility index (Phi) is 4.03. The van der Waals surface area contributed by atoms with Gasteiger partial charge in [0.25, 0.3) is 5.56 Å². The molecule has 3 heterocycles. The van der Waals surface area contributed by atoms with Gasteiger partial charge >= 0.3 is 0 Å². The van der Waals surface area contributed by atoms with Gasteiger partial charge in [0.15, 0.2) is 17.7 Å². The summed E-state index contributed by atoms with van der Waals surface area (Å²) >= 11 is 0. The van der Waals surface area contributed by atoms with Crippen LogP contribution in [0.3, 0.4) is 0 Å². The highest BCUT2D eigenvalue weighted by Crippen LogP contribution is 2.30. The molecule has 1 saturated carbocycles. The molecular weight excluding hydrogens is 356 g/mol. The third kappa shape index (κ3) is 2.56. The van der Waals surface area contributed by atoms with E-state index < -0.39 is 0 Å². The maximum atomic E-state index is 13.4. The van der Waals surface area contributed by atoms with Crippen LogP contribution in [0.1, 0.15) is 38.6 Å². The number of fused-ring (bicyclic) bond motifs is 4. The molecule has 0 N–H and O–H groups in total. The van der Waals surface area contributed by atoms with Crippen LogP contribution in [0.15, 0.2) is 40.5 Å². The Balaban J connectivity index is 1.86. The normalized spacial score (nSPS) is 15.5. The van der Waals surface area contributed by atoms with E-state index in [1.54, 1.807) is 15.6 Å². The Hall–Kier alpha value is -3.29. The van der Waals surface area contributed by atoms with Crippen molar-refractivity contribution in [3.8, 4) is 0 Å². The number of ether oxygens (including phenoxy) is 1. The van der Waals surface area contributed by atoms with Gasteiger partial charge in [-0.25, -0.2) is 15.0 Å². The zero-order valence-corrected chi connectivity index (χ0v) is 15.6. The van der Waals surface area contributed by atoms with E-state index in [2.05, 4.69) is 10.1 Å². The predicted octanol–water partition coefficient (Wildman–Crippen LogP) is 3.24. The van der Waals surface area contributed by atoms with Crippen LogP contribution in [-0.2, 0) is 4.74 Å². The van der Waals surface area contributed by atoms with E-state index in [9.17, 15) is 4.79 Å². The molecule has 1 aliphatic carbocycles. The lowest BCUT2D eigenvalue weighted by molar-refractivity contribution is 0.341. The molecule has 0 spiro atoms. The first-order chi connectivity index (χ1) is 13.8. The summed E-state index contributed by atoms with van der Waals surface area (Å²) < 4.78 is 8.55. The van der Waals surface area contributed by atoms with Crippen LogP contribution in [0.5, 0.6) is 0 Å². The van der Waals surface area contributed by atoms with Crippen LogP contribution in [-0.4, -0.2) is 37.2 Å². The first-order valence-corrected chi connectivity index (χ1v) is 9.60. The number of benzene rings is 1. The molecule has 0 atom stereocenters. The van der Waals surface area contributed by atoms with Crippen LogP contribution in [0.25, 0.3) is 33.2 Å². The topological polar surface area (TPSA) is 87.2 Å². The summed E-state index contributed by atoms with van der Waals surface area (Å²) in [5.41, 5.74) is 2.85. The Labute approximate surface area is 160 Å². The molecule has 0 radical (unpaired) electrons. The van der Waals surface area contributed by atoms with Gasteiger partial charge in [-0.2, -0.15) is 4.68 Å². The lowest BCUT2D eigenvalue weighted by atomic mass is 10.2. The van der Waals surface area contributed by atoms with Crippen LogP contribution in [0.4, 0.5) is 0 Å². The van der Waals surface area contributed by atoms with E-state index in [1.165, 1.54) is 6.40 Å². The zero-order chi connectivity index (χ0) is 19.1. The molecule has 8 nitrogen and oxygen atoms in total. The summed E-state index contributed by atoms with van der Waals surface area (Å²) in [7, 11) is 0. The first kappa shape index (κ1) is 16.9. The first-order valence-electron chi connectivity index (χ1n) is 9.60. The highest BCUT2D eigenvalue weighted by molar-refractivity contribution is 6.04. The summed E-state index contributed by atoms with van der Waals surface area (Å²) in [6, 6.07) is 7.79. The fourth-order valence-electron chi connectivity index (χ4n) is 3.94.